The lowest BCUT2D eigenvalue weighted by Gasteiger charge is -2.36. The number of aromatic nitrogens is 2. The van der Waals surface area contributed by atoms with Gasteiger partial charge in [0, 0.05) is 49.3 Å². The average molecular weight is 473 g/mol. The first-order valence-corrected chi connectivity index (χ1v) is 11.3. The van der Waals surface area contributed by atoms with Crippen molar-refractivity contribution in [3.05, 3.63) is 75.9 Å². The molecule has 0 saturated carbocycles. The Hall–Kier alpha value is -2.97. The smallest absolute Gasteiger partial charge is 0.265 e. The van der Waals surface area contributed by atoms with E-state index in [-0.39, 0.29) is 16.7 Å². The van der Waals surface area contributed by atoms with Gasteiger partial charge in [0.2, 0.25) is 0 Å². The van der Waals surface area contributed by atoms with Crippen molar-refractivity contribution in [3.63, 3.8) is 0 Å². The predicted octanol–water partition coefficient (Wildman–Crippen LogP) is 5.27. The topological polar surface area (TPSA) is 40.9 Å². The maximum Gasteiger partial charge on any atom is 0.265 e. The molecule has 0 aliphatic carbocycles. The Bertz CT molecular complexity index is 1310. The van der Waals surface area contributed by atoms with Crippen molar-refractivity contribution in [2.24, 2.45) is 0 Å². The Morgan fingerprint density at radius 3 is 2.44 bits per heavy atom. The lowest BCUT2D eigenvalue weighted by Crippen LogP contribution is -2.48. The lowest BCUT2D eigenvalue weighted by atomic mass is 10.2. The fourth-order valence-corrected chi connectivity index (χ4v) is 5.15. The third-order valence-corrected chi connectivity index (χ3v) is 7.16. The molecule has 4 aromatic rings. The minimum atomic E-state index is -0.440. The highest BCUT2D eigenvalue weighted by Crippen LogP contribution is 2.29. The molecule has 164 valence electrons. The zero-order valence-electron chi connectivity index (χ0n) is 17.2. The Morgan fingerprint density at radius 1 is 1.06 bits per heavy atom. The highest BCUT2D eigenvalue weighted by atomic mass is 35.5. The van der Waals surface area contributed by atoms with Crippen molar-refractivity contribution in [2.75, 3.05) is 31.1 Å². The van der Waals surface area contributed by atoms with E-state index in [9.17, 15) is 13.6 Å². The van der Waals surface area contributed by atoms with E-state index in [1.165, 1.54) is 29.5 Å². The highest BCUT2D eigenvalue weighted by Gasteiger charge is 2.26. The van der Waals surface area contributed by atoms with E-state index in [1.54, 1.807) is 24.3 Å². The molecule has 5 rings (SSSR count). The second kappa shape index (κ2) is 8.18. The van der Waals surface area contributed by atoms with Gasteiger partial charge in [0.05, 0.1) is 10.7 Å². The second-order valence-electron chi connectivity index (χ2n) is 7.68. The van der Waals surface area contributed by atoms with Gasteiger partial charge in [-0.15, -0.1) is 0 Å². The SMILES string of the molecule is Cc1c(C(=O)N2CCN(c3ccc(F)c(Cl)c3)CC2)sc2nc(-c3ccc(F)cc3)cn12. The summed E-state index contributed by atoms with van der Waals surface area (Å²) in [7, 11) is 0. The largest absolute Gasteiger partial charge is 0.368 e. The Kier molecular flexibility index (Phi) is 5.35. The molecule has 0 N–H and O–H groups in total. The van der Waals surface area contributed by atoms with E-state index in [0.717, 1.165) is 27.6 Å². The molecule has 2 aromatic heterocycles. The molecule has 2 aromatic carbocycles. The number of nitrogens with zero attached hydrogens (tertiary/aromatic N) is 4. The third kappa shape index (κ3) is 3.73. The van der Waals surface area contributed by atoms with Gasteiger partial charge in [-0.3, -0.25) is 9.20 Å². The number of imidazole rings is 1. The molecular weight excluding hydrogens is 454 g/mol. The Balaban J connectivity index is 1.31. The summed E-state index contributed by atoms with van der Waals surface area (Å²) in [4.78, 5) is 23.1. The van der Waals surface area contributed by atoms with E-state index >= 15 is 0 Å². The summed E-state index contributed by atoms with van der Waals surface area (Å²) in [5.74, 6) is -0.746. The number of aryl methyl sites for hydroxylation is 1. The van der Waals surface area contributed by atoms with Crippen LogP contribution < -0.4 is 4.90 Å². The van der Waals surface area contributed by atoms with Crippen LogP contribution in [-0.2, 0) is 0 Å². The lowest BCUT2D eigenvalue weighted by molar-refractivity contribution is 0.0750. The van der Waals surface area contributed by atoms with E-state index in [2.05, 4.69) is 9.88 Å². The molecule has 1 saturated heterocycles. The number of halogens is 3. The number of carbonyl (C=O) groups excluding carboxylic acids is 1. The molecule has 0 unspecified atom stereocenters. The number of rotatable bonds is 3. The number of amides is 1. The van der Waals surface area contributed by atoms with Gasteiger partial charge in [-0.25, -0.2) is 13.8 Å². The molecule has 0 radical (unpaired) electrons. The van der Waals surface area contributed by atoms with Gasteiger partial charge in [-0.05, 0) is 49.4 Å². The number of fused-ring (bicyclic) bond motifs is 1. The van der Waals surface area contributed by atoms with Crippen molar-refractivity contribution in [3.8, 4) is 11.3 Å². The number of anilines is 1. The van der Waals surface area contributed by atoms with Gasteiger partial charge in [-0.2, -0.15) is 0 Å². The van der Waals surface area contributed by atoms with E-state index in [1.807, 2.05) is 22.4 Å². The molecule has 1 aliphatic heterocycles. The standard InChI is InChI=1S/C23H19ClF2N4OS/c1-14-21(32-23-27-20(13-30(14)23)15-2-4-16(25)5-3-15)22(31)29-10-8-28(9-11-29)17-6-7-19(26)18(24)12-17/h2-7,12-13H,8-11H2,1H3. The Labute approximate surface area is 192 Å². The average Bonchev–Trinajstić information content (AvgIpc) is 3.35. The van der Waals surface area contributed by atoms with Crippen LogP contribution in [0.5, 0.6) is 0 Å². The van der Waals surface area contributed by atoms with Crippen LogP contribution >= 0.6 is 22.9 Å². The van der Waals surface area contributed by atoms with Gasteiger partial charge in [0.15, 0.2) is 4.96 Å². The molecule has 0 spiro atoms. The van der Waals surface area contributed by atoms with Gasteiger partial charge in [0.25, 0.3) is 5.91 Å². The minimum absolute atomic E-state index is 0.0156. The van der Waals surface area contributed by atoms with E-state index in [0.29, 0.717) is 31.1 Å². The molecule has 1 amide bonds. The van der Waals surface area contributed by atoms with Crippen molar-refractivity contribution < 1.29 is 13.6 Å². The molecule has 1 fully saturated rings. The summed E-state index contributed by atoms with van der Waals surface area (Å²) < 4.78 is 28.5. The first-order chi connectivity index (χ1) is 15.4. The molecule has 0 bridgehead atoms. The normalized spacial score (nSPS) is 14.4. The van der Waals surface area contributed by atoms with E-state index < -0.39 is 5.82 Å². The molecule has 0 atom stereocenters. The quantitative estimate of drug-likeness (QED) is 0.408. The maximum absolute atomic E-state index is 13.4. The van der Waals surface area contributed by atoms with Crippen LogP contribution in [0.1, 0.15) is 15.4 Å². The van der Waals surface area contributed by atoms with Gasteiger partial charge >= 0.3 is 0 Å². The number of thiazole rings is 1. The number of carbonyl (C=O) groups is 1. The van der Waals surface area contributed by atoms with E-state index in [4.69, 9.17) is 11.6 Å². The number of piperazine rings is 1. The van der Waals surface area contributed by atoms with Gasteiger partial charge < -0.3 is 9.80 Å². The summed E-state index contributed by atoms with van der Waals surface area (Å²) in [5.41, 5.74) is 3.25. The fourth-order valence-electron chi connectivity index (χ4n) is 3.90. The molecule has 5 nitrogen and oxygen atoms in total. The van der Waals surface area contributed by atoms with Crippen LogP contribution in [0.2, 0.25) is 5.02 Å². The van der Waals surface area contributed by atoms with Crippen LogP contribution in [0.25, 0.3) is 16.2 Å². The van der Waals surface area contributed by atoms with Crippen LogP contribution in [0, 0.1) is 18.6 Å². The third-order valence-electron chi connectivity index (χ3n) is 5.73. The first kappa shape index (κ1) is 20.9. The van der Waals surface area contributed by atoms with Crippen molar-refractivity contribution in [1.82, 2.24) is 14.3 Å². The summed E-state index contributed by atoms with van der Waals surface area (Å²) in [6.07, 6.45) is 1.88. The molecular formula is C23H19ClF2N4OS. The van der Waals surface area contributed by atoms with Crippen LogP contribution in [0.4, 0.5) is 14.5 Å². The molecule has 32 heavy (non-hydrogen) atoms. The predicted molar refractivity (Wildman–Crippen MR) is 123 cm³/mol. The number of hydrogen-bond acceptors (Lipinski definition) is 4. The van der Waals surface area contributed by atoms with Crippen LogP contribution in [0.15, 0.2) is 48.7 Å². The zero-order chi connectivity index (χ0) is 22.4. The van der Waals surface area contributed by atoms with Crippen molar-refractivity contribution >= 4 is 39.5 Å². The summed E-state index contributed by atoms with van der Waals surface area (Å²) >= 11 is 7.26. The van der Waals surface area contributed by atoms with Crippen molar-refractivity contribution in [2.45, 2.75) is 6.92 Å². The zero-order valence-corrected chi connectivity index (χ0v) is 18.8. The monoisotopic (exact) mass is 472 g/mol. The van der Waals surface area contributed by atoms with Crippen LogP contribution in [0.3, 0.4) is 0 Å². The molecule has 3 heterocycles. The summed E-state index contributed by atoms with van der Waals surface area (Å²) in [6, 6.07) is 10.9. The number of benzene rings is 2. The second-order valence-corrected chi connectivity index (χ2v) is 9.06. The summed E-state index contributed by atoms with van der Waals surface area (Å²) in [6.45, 7) is 4.32. The number of hydrogen-bond donors (Lipinski definition) is 0. The van der Waals surface area contributed by atoms with Gasteiger partial charge in [-0.1, -0.05) is 22.9 Å². The van der Waals surface area contributed by atoms with Gasteiger partial charge in [0.1, 0.15) is 16.5 Å². The maximum atomic E-state index is 13.4. The Morgan fingerprint density at radius 2 is 1.78 bits per heavy atom. The molecule has 9 heteroatoms. The van der Waals surface area contributed by atoms with Crippen LogP contribution in [-0.4, -0.2) is 46.4 Å². The highest BCUT2D eigenvalue weighted by molar-refractivity contribution is 7.19. The first-order valence-electron chi connectivity index (χ1n) is 10.1. The van der Waals surface area contributed by atoms with Crippen molar-refractivity contribution in [1.29, 1.82) is 0 Å². The molecule has 1 aliphatic rings. The summed E-state index contributed by atoms with van der Waals surface area (Å²) in [5, 5.41) is 0.0959. The fraction of sp³-hybridized carbons (Fsp3) is 0.217. The minimum Gasteiger partial charge on any atom is -0.368 e.